The Balaban J connectivity index is 2.17. The summed E-state index contributed by atoms with van der Waals surface area (Å²) in [4.78, 5) is 35.4. The maximum atomic E-state index is 11.7. The summed E-state index contributed by atoms with van der Waals surface area (Å²) in [5, 5.41) is 9.66. The van der Waals surface area contributed by atoms with Crippen LogP contribution in [-0.2, 0) is 14.4 Å². The molecule has 16 heavy (non-hydrogen) atoms. The lowest BCUT2D eigenvalue weighted by Gasteiger charge is -2.28. The van der Waals surface area contributed by atoms with Crippen LogP contribution in [0.2, 0.25) is 0 Å². The first kappa shape index (κ1) is 10.5. The molecule has 3 amide bonds. The second kappa shape index (κ2) is 3.55. The Kier molecular flexibility index (Phi) is 2.34. The average molecular weight is 221 g/mol. The van der Waals surface area contributed by atoms with Gasteiger partial charge in [-0.1, -0.05) is 6.58 Å². The summed E-state index contributed by atoms with van der Waals surface area (Å²) in [5.41, 5.74) is 0.263. The number of carbonyl (C=O) groups is 3. The fraction of sp³-hybridized carbons (Fsp3) is 0.400. The molecule has 2 aliphatic heterocycles. The van der Waals surface area contributed by atoms with Crippen molar-refractivity contribution in [2.45, 2.75) is 18.9 Å². The fourth-order valence-corrected chi connectivity index (χ4v) is 1.87. The number of amides is 3. The molecule has 1 unspecified atom stereocenters. The van der Waals surface area contributed by atoms with E-state index in [1.165, 1.54) is 4.90 Å². The molecule has 0 radical (unpaired) electrons. The summed E-state index contributed by atoms with van der Waals surface area (Å²) in [5.74, 6) is -1.17. The number of likely N-dealkylation sites (tertiary alicyclic amines) is 1. The third-order valence-corrected chi connectivity index (χ3v) is 2.80. The van der Waals surface area contributed by atoms with Gasteiger partial charge in [0.1, 0.15) is 6.04 Å². The fourth-order valence-electron chi connectivity index (χ4n) is 1.87. The van der Waals surface area contributed by atoms with E-state index in [1.54, 1.807) is 0 Å². The van der Waals surface area contributed by atoms with Gasteiger partial charge in [0.15, 0.2) is 0 Å². The molecule has 0 aromatic carbocycles. The van der Waals surface area contributed by atoms with Gasteiger partial charge in [-0.3, -0.25) is 19.7 Å². The number of imide groups is 1. The zero-order valence-electron chi connectivity index (χ0n) is 8.58. The monoisotopic (exact) mass is 221 g/mol. The van der Waals surface area contributed by atoms with E-state index in [2.05, 4.69) is 11.9 Å². The van der Waals surface area contributed by atoms with E-state index in [-0.39, 0.29) is 36.1 Å². The molecule has 2 N–H and O–H groups in total. The van der Waals surface area contributed by atoms with Gasteiger partial charge in [0.2, 0.25) is 11.8 Å². The minimum Gasteiger partial charge on any atom is -0.321 e. The molecule has 2 aliphatic rings. The minimum absolute atomic E-state index is 0.101. The first-order valence-corrected chi connectivity index (χ1v) is 4.92. The Labute approximate surface area is 91.8 Å². The molecule has 6 heteroatoms. The summed E-state index contributed by atoms with van der Waals surface area (Å²) in [6.07, 6.45) is 0.539. The largest absolute Gasteiger partial charge is 0.321 e. The average Bonchev–Trinajstić information content (AvgIpc) is 2.46. The van der Waals surface area contributed by atoms with E-state index in [1.807, 2.05) is 0 Å². The number of hydrogen-bond acceptors (Lipinski definition) is 4. The van der Waals surface area contributed by atoms with Crippen molar-refractivity contribution in [2.24, 2.45) is 0 Å². The molecule has 84 valence electrons. The highest BCUT2D eigenvalue weighted by molar-refractivity contribution is 6.26. The lowest BCUT2D eigenvalue weighted by molar-refractivity contribution is -0.142. The molecule has 1 atom stereocenters. The van der Waals surface area contributed by atoms with Gasteiger partial charge < -0.3 is 10.3 Å². The van der Waals surface area contributed by atoms with Crippen LogP contribution in [0.3, 0.4) is 0 Å². The van der Waals surface area contributed by atoms with Gasteiger partial charge in [0, 0.05) is 6.42 Å². The Morgan fingerprint density at radius 3 is 2.56 bits per heavy atom. The molecule has 0 spiro atoms. The summed E-state index contributed by atoms with van der Waals surface area (Å²) < 4.78 is 0. The van der Waals surface area contributed by atoms with Crippen LogP contribution in [0.5, 0.6) is 0 Å². The van der Waals surface area contributed by atoms with Crippen LogP contribution in [0.15, 0.2) is 12.2 Å². The topological polar surface area (TPSA) is 90.3 Å². The normalized spacial score (nSPS) is 26.4. The summed E-state index contributed by atoms with van der Waals surface area (Å²) >= 11 is 0. The van der Waals surface area contributed by atoms with Crippen molar-refractivity contribution >= 4 is 23.4 Å². The first-order valence-electron chi connectivity index (χ1n) is 4.92. The van der Waals surface area contributed by atoms with Crippen LogP contribution in [0.4, 0.5) is 0 Å². The van der Waals surface area contributed by atoms with Crippen LogP contribution >= 0.6 is 0 Å². The SMILES string of the molecule is C=C1C(=N)CN(C2CCC(=O)NC2=O)C1=O. The van der Waals surface area contributed by atoms with Gasteiger partial charge in [-0.2, -0.15) is 0 Å². The van der Waals surface area contributed by atoms with Gasteiger partial charge >= 0.3 is 0 Å². The molecule has 2 saturated heterocycles. The van der Waals surface area contributed by atoms with Crippen molar-refractivity contribution < 1.29 is 14.4 Å². The molecule has 0 aromatic heterocycles. The van der Waals surface area contributed by atoms with Crippen LogP contribution in [0.25, 0.3) is 0 Å². The van der Waals surface area contributed by atoms with E-state index in [0.29, 0.717) is 6.42 Å². The third-order valence-electron chi connectivity index (χ3n) is 2.80. The molecule has 0 saturated carbocycles. The van der Waals surface area contributed by atoms with Crippen molar-refractivity contribution in [3.63, 3.8) is 0 Å². The molecule has 0 aliphatic carbocycles. The highest BCUT2D eigenvalue weighted by atomic mass is 16.2. The second-order valence-electron chi connectivity index (χ2n) is 3.86. The molecule has 6 nitrogen and oxygen atoms in total. The van der Waals surface area contributed by atoms with Crippen molar-refractivity contribution in [2.75, 3.05) is 6.54 Å². The molecular weight excluding hydrogens is 210 g/mol. The second-order valence-corrected chi connectivity index (χ2v) is 3.86. The summed E-state index contributed by atoms with van der Waals surface area (Å²) in [7, 11) is 0. The van der Waals surface area contributed by atoms with Crippen molar-refractivity contribution in [1.82, 2.24) is 10.2 Å². The van der Waals surface area contributed by atoms with Gasteiger partial charge in [0.25, 0.3) is 5.91 Å². The van der Waals surface area contributed by atoms with E-state index >= 15 is 0 Å². The molecule has 2 rings (SSSR count). The quantitative estimate of drug-likeness (QED) is 0.449. The van der Waals surface area contributed by atoms with Crippen molar-refractivity contribution in [3.8, 4) is 0 Å². The smallest absolute Gasteiger partial charge is 0.256 e. The Bertz CT molecular complexity index is 427. The van der Waals surface area contributed by atoms with E-state index < -0.39 is 11.9 Å². The highest BCUT2D eigenvalue weighted by Gasteiger charge is 2.39. The van der Waals surface area contributed by atoms with Crippen LogP contribution in [0, 0.1) is 5.41 Å². The van der Waals surface area contributed by atoms with Crippen LogP contribution < -0.4 is 5.32 Å². The minimum atomic E-state index is -0.648. The van der Waals surface area contributed by atoms with Crippen molar-refractivity contribution in [1.29, 1.82) is 5.41 Å². The van der Waals surface area contributed by atoms with Crippen LogP contribution in [0.1, 0.15) is 12.8 Å². The predicted octanol–water partition coefficient (Wildman–Crippen LogP) is -0.790. The number of hydrogen-bond donors (Lipinski definition) is 2. The molecule has 0 aromatic rings. The molecule has 2 fully saturated rings. The van der Waals surface area contributed by atoms with Crippen molar-refractivity contribution in [3.05, 3.63) is 12.2 Å². The number of rotatable bonds is 1. The van der Waals surface area contributed by atoms with Gasteiger partial charge in [-0.05, 0) is 6.42 Å². The maximum Gasteiger partial charge on any atom is 0.256 e. The lowest BCUT2D eigenvalue weighted by atomic mass is 10.0. The summed E-state index contributed by atoms with van der Waals surface area (Å²) in [6.45, 7) is 3.59. The van der Waals surface area contributed by atoms with E-state index in [4.69, 9.17) is 5.41 Å². The van der Waals surface area contributed by atoms with E-state index in [0.717, 1.165) is 0 Å². The van der Waals surface area contributed by atoms with Gasteiger partial charge in [0.05, 0.1) is 17.8 Å². The third kappa shape index (κ3) is 1.52. The maximum absolute atomic E-state index is 11.7. The molecule has 2 heterocycles. The Hall–Kier alpha value is -1.98. The standard InChI is InChI=1S/C10H11N3O3/c1-5-6(11)4-13(10(5)16)7-2-3-8(14)12-9(7)15/h7,11H,1-4H2,(H,12,14,15). The summed E-state index contributed by atoms with van der Waals surface area (Å²) in [6, 6.07) is -0.648. The Morgan fingerprint density at radius 2 is 2.06 bits per heavy atom. The number of carbonyl (C=O) groups excluding carboxylic acids is 3. The highest BCUT2D eigenvalue weighted by Crippen LogP contribution is 2.20. The molecular formula is C10H11N3O3. The number of nitrogens with zero attached hydrogens (tertiary/aromatic N) is 1. The number of piperidine rings is 1. The zero-order valence-corrected chi connectivity index (χ0v) is 8.58. The van der Waals surface area contributed by atoms with Crippen LogP contribution in [-0.4, -0.2) is 40.9 Å². The van der Waals surface area contributed by atoms with Gasteiger partial charge in [-0.15, -0.1) is 0 Å². The predicted molar refractivity (Wildman–Crippen MR) is 54.8 cm³/mol. The van der Waals surface area contributed by atoms with Gasteiger partial charge in [-0.25, -0.2) is 0 Å². The number of nitrogens with one attached hydrogen (secondary N) is 2. The first-order chi connectivity index (χ1) is 7.50. The zero-order chi connectivity index (χ0) is 11.9. The Morgan fingerprint density at radius 1 is 1.38 bits per heavy atom. The van der Waals surface area contributed by atoms with E-state index in [9.17, 15) is 14.4 Å². The lowest BCUT2D eigenvalue weighted by Crippen LogP contribution is -2.53. The molecule has 0 bridgehead atoms.